The Morgan fingerprint density at radius 3 is 1.78 bits per heavy atom. The molecule has 0 saturated carbocycles. The molecule has 0 radical (unpaired) electrons. The summed E-state index contributed by atoms with van der Waals surface area (Å²) in [5.74, 6) is 0. The van der Waals surface area contributed by atoms with Crippen LogP contribution in [-0.4, -0.2) is 9.97 Å². The van der Waals surface area contributed by atoms with E-state index < -0.39 is 0 Å². The Labute approximate surface area is 231 Å². The molecule has 0 saturated heterocycles. The van der Waals surface area contributed by atoms with Gasteiger partial charge in [-0.05, 0) is 81.7 Å². The van der Waals surface area contributed by atoms with Crippen molar-refractivity contribution in [1.82, 2.24) is 19.9 Å². The van der Waals surface area contributed by atoms with Gasteiger partial charge in [0.1, 0.15) is 0 Å². The summed E-state index contributed by atoms with van der Waals surface area (Å²) in [6.07, 6.45) is 3.73. The third-order valence-electron chi connectivity index (χ3n) is 8.06. The molecule has 5 heterocycles. The molecule has 5 rings (SSSR count). The van der Waals surface area contributed by atoms with E-state index in [2.05, 4.69) is 79.7 Å². The van der Waals surface area contributed by atoms with Gasteiger partial charge in [-0.25, -0.2) is 9.97 Å². The first-order chi connectivity index (χ1) is 17.3. The fourth-order valence-corrected chi connectivity index (χ4v) is 5.93. The van der Waals surface area contributed by atoms with Crippen LogP contribution >= 0.6 is 0 Å². The molecule has 0 spiro atoms. The van der Waals surface area contributed by atoms with Gasteiger partial charge in [0.05, 0.1) is 22.8 Å². The summed E-state index contributed by atoms with van der Waals surface area (Å²) < 4.78 is 0. The molecule has 0 amide bonds. The van der Waals surface area contributed by atoms with Gasteiger partial charge in [0.15, 0.2) is 0 Å². The zero-order valence-corrected chi connectivity index (χ0v) is 24.4. The Kier molecular flexibility index (Phi) is 7.69. The van der Waals surface area contributed by atoms with Crippen molar-refractivity contribution in [2.75, 3.05) is 0 Å². The Balaban J connectivity index is 0.00000320. The van der Waals surface area contributed by atoms with Crippen LogP contribution in [0.15, 0.2) is 24.3 Å². The third-order valence-corrected chi connectivity index (χ3v) is 8.06. The van der Waals surface area contributed by atoms with E-state index in [4.69, 9.17) is 19.9 Å². The molecule has 0 aliphatic carbocycles. The summed E-state index contributed by atoms with van der Waals surface area (Å²) in [5.41, 5.74) is 18.2. The molecule has 0 fully saturated rings. The molecule has 192 valence electrons. The number of rotatable bonds is 4. The number of fused-ring (bicyclic) bond motifs is 9. The summed E-state index contributed by atoms with van der Waals surface area (Å²) in [6.45, 7) is 17.6. The Morgan fingerprint density at radius 1 is 0.595 bits per heavy atom. The molecule has 5 heteroatoms. The van der Waals surface area contributed by atoms with Crippen LogP contribution in [0.1, 0.15) is 99.4 Å². The van der Waals surface area contributed by atoms with Crippen molar-refractivity contribution in [3.8, 4) is 0 Å². The number of allylic oxidation sites excluding steroid dienone is 4. The van der Waals surface area contributed by atoms with E-state index in [0.717, 1.165) is 70.5 Å². The van der Waals surface area contributed by atoms with Gasteiger partial charge in [-0.3, -0.25) is 0 Å². The van der Waals surface area contributed by atoms with E-state index in [9.17, 15) is 0 Å². The van der Waals surface area contributed by atoms with E-state index in [1.54, 1.807) is 0 Å². The van der Waals surface area contributed by atoms with Crippen LogP contribution in [0.25, 0.3) is 44.4 Å². The molecular formula is C32H36FeN4. The zero-order chi connectivity index (χ0) is 25.7. The normalized spacial score (nSPS) is 13.4. The Bertz CT molecular complexity index is 1610. The van der Waals surface area contributed by atoms with E-state index in [-0.39, 0.29) is 17.1 Å². The number of aromatic nitrogens is 4. The second-order valence-corrected chi connectivity index (χ2v) is 9.91. The molecule has 3 aromatic rings. The Hall–Kier alpha value is -2.88. The minimum atomic E-state index is 0. The molecule has 0 atom stereocenters. The zero-order valence-electron chi connectivity index (χ0n) is 23.3. The molecular weight excluding hydrogens is 496 g/mol. The molecule has 4 nitrogen and oxygen atoms in total. The second-order valence-electron chi connectivity index (χ2n) is 9.91. The van der Waals surface area contributed by atoms with Crippen molar-refractivity contribution in [3.63, 3.8) is 0 Å². The molecule has 37 heavy (non-hydrogen) atoms. The van der Waals surface area contributed by atoms with Gasteiger partial charge in [-0.1, -0.05) is 68.1 Å². The van der Waals surface area contributed by atoms with Crippen LogP contribution in [0, 0.1) is 13.8 Å². The summed E-state index contributed by atoms with van der Waals surface area (Å²) in [4.78, 5) is 20.5. The van der Waals surface area contributed by atoms with Crippen molar-refractivity contribution in [3.05, 3.63) is 69.3 Å². The molecule has 3 aromatic heterocycles. The van der Waals surface area contributed by atoms with Crippen molar-refractivity contribution in [1.29, 1.82) is 0 Å². The monoisotopic (exact) mass is 532 g/mol. The summed E-state index contributed by atoms with van der Waals surface area (Å²) in [5, 5.41) is 0. The molecule has 0 aromatic carbocycles. The minimum absolute atomic E-state index is 0. The minimum Gasteiger partial charge on any atom is -0.657 e. The number of nitrogens with zero attached hydrogens (tertiary/aromatic N) is 4. The van der Waals surface area contributed by atoms with Crippen molar-refractivity contribution < 1.29 is 17.1 Å². The summed E-state index contributed by atoms with van der Waals surface area (Å²) in [6, 6.07) is 8.64. The summed E-state index contributed by atoms with van der Waals surface area (Å²) >= 11 is 0. The largest absolute Gasteiger partial charge is 2.00 e. The topological polar surface area (TPSA) is 54.0 Å². The standard InChI is InChI=1S/C32H36N4.Fe/c1-9-21-17(5)25-13-14-26-18(6)22(10-2)28(34-26)16-30-24(12-4)20(8)32(36-30)31-19(7)23(11-3)29(35-31)15-27(21)33-25;/h13-16H,9-12H2,1-8H3;/q-2;+2. The van der Waals surface area contributed by atoms with Crippen molar-refractivity contribution >= 4 is 44.4 Å². The first-order valence-corrected chi connectivity index (χ1v) is 13.3. The van der Waals surface area contributed by atoms with Gasteiger partial charge in [-0.2, -0.15) is 0 Å². The maximum absolute atomic E-state index is 5.19. The van der Waals surface area contributed by atoms with E-state index >= 15 is 0 Å². The second kappa shape index (κ2) is 10.5. The van der Waals surface area contributed by atoms with Crippen LogP contribution in [0.2, 0.25) is 0 Å². The molecule has 2 aliphatic heterocycles. The van der Waals surface area contributed by atoms with Crippen molar-refractivity contribution in [2.45, 2.75) is 81.1 Å². The number of aryl methyl sites for hydroxylation is 4. The fourth-order valence-electron chi connectivity index (χ4n) is 5.93. The van der Waals surface area contributed by atoms with Gasteiger partial charge in [0.2, 0.25) is 0 Å². The van der Waals surface area contributed by atoms with Crippen LogP contribution in [0.5, 0.6) is 0 Å². The van der Waals surface area contributed by atoms with Gasteiger partial charge >= 0.3 is 17.1 Å². The molecule has 0 N–H and O–H groups in total. The molecule has 2 aliphatic rings. The maximum atomic E-state index is 5.19. The third kappa shape index (κ3) is 4.32. The van der Waals surface area contributed by atoms with E-state index in [0.29, 0.717) is 0 Å². The average Bonchev–Trinajstić information content (AvgIpc) is 3.53. The first kappa shape index (κ1) is 27.2. The van der Waals surface area contributed by atoms with E-state index in [1.165, 1.54) is 44.5 Å². The summed E-state index contributed by atoms with van der Waals surface area (Å²) in [7, 11) is 0. The molecule has 8 bridgehead atoms. The van der Waals surface area contributed by atoms with Crippen molar-refractivity contribution in [2.24, 2.45) is 0 Å². The van der Waals surface area contributed by atoms with Crippen LogP contribution in [0.4, 0.5) is 0 Å². The van der Waals surface area contributed by atoms with Crippen LogP contribution in [0.3, 0.4) is 0 Å². The first-order valence-electron chi connectivity index (χ1n) is 13.3. The average molecular weight is 533 g/mol. The Morgan fingerprint density at radius 2 is 1.16 bits per heavy atom. The van der Waals surface area contributed by atoms with Gasteiger partial charge in [0.25, 0.3) is 0 Å². The number of hydrogen-bond donors (Lipinski definition) is 0. The quantitative estimate of drug-likeness (QED) is 0.320. The smallest absolute Gasteiger partial charge is 0.657 e. The maximum Gasteiger partial charge on any atom is 2.00 e. The van der Waals surface area contributed by atoms with E-state index in [1.807, 2.05) is 0 Å². The fraction of sp³-hybridized carbons (Fsp3) is 0.375. The van der Waals surface area contributed by atoms with Crippen LogP contribution < -0.4 is 9.97 Å². The van der Waals surface area contributed by atoms with Gasteiger partial charge < -0.3 is 9.97 Å². The van der Waals surface area contributed by atoms with Gasteiger partial charge in [0, 0.05) is 0 Å². The predicted molar refractivity (Wildman–Crippen MR) is 153 cm³/mol. The van der Waals surface area contributed by atoms with Crippen LogP contribution in [-0.2, 0) is 29.9 Å². The predicted octanol–water partition coefficient (Wildman–Crippen LogP) is 7.99. The number of hydrogen-bond acceptors (Lipinski definition) is 2. The SMILES string of the molecule is CCC1=C(C)c2ccc3[n-]c(cc4nc(c5[n-]c(cc1n2)c(CC)c5C)C(C)=C4CC)c(CC)c3C.[Fe+2]. The van der Waals surface area contributed by atoms with Gasteiger partial charge in [-0.15, -0.1) is 22.1 Å². The molecule has 0 unspecified atom stereocenters.